The molecule has 1 aliphatic rings. The second-order valence-electron chi connectivity index (χ2n) is 8.61. The van der Waals surface area contributed by atoms with Crippen LogP contribution >= 0.6 is 11.3 Å². The number of likely N-dealkylation sites (N-methyl/N-ethyl adjacent to an activating group) is 1. The summed E-state index contributed by atoms with van der Waals surface area (Å²) in [6, 6.07) is 11.1. The third-order valence-electron chi connectivity index (χ3n) is 6.05. The van der Waals surface area contributed by atoms with Gasteiger partial charge < -0.3 is 19.9 Å². The van der Waals surface area contributed by atoms with Gasteiger partial charge in [0.05, 0.1) is 11.9 Å². The molecular weight excluding hydrogens is 473 g/mol. The number of hydrogen-bond acceptors (Lipinski definition) is 6. The Morgan fingerprint density at radius 1 is 1.25 bits per heavy atom. The highest BCUT2D eigenvalue weighted by molar-refractivity contribution is 7.10. The fraction of sp³-hybridized carbons (Fsp3) is 0.321. The molecule has 0 aliphatic carbocycles. The Morgan fingerprint density at radius 3 is 2.50 bits per heavy atom. The molecule has 1 aromatic carbocycles. The summed E-state index contributed by atoms with van der Waals surface area (Å²) in [7, 11) is 5.66. The maximum absolute atomic E-state index is 13.3. The van der Waals surface area contributed by atoms with Crippen molar-refractivity contribution in [1.29, 1.82) is 5.41 Å². The van der Waals surface area contributed by atoms with Crippen LogP contribution in [-0.4, -0.2) is 57.2 Å². The molecule has 2 atom stereocenters. The van der Waals surface area contributed by atoms with Crippen molar-refractivity contribution in [1.82, 2.24) is 15.2 Å². The third-order valence-corrected chi connectivity index (χ3v) is 7.16. The molecule has 0 radical (unpaired) electrons. The number of hydrogen-bond donors (Lipinski definition) is 2. The molecule has 3 heterocycles. The molecule has 1 saturated heterocycles. The monoisotopic (exact) mass is 507 g/mol. The second-order valence-corrected chi connectivity index (χ2v) is 9.52. The van der Waals surface area contributed by atoms with Crippen LogP contribution in [0.2, 0.25) is 0 Å². The molecule has 36 heavy (non-hydrogen) atoms. The van der Waals surface area contributed by atoms with Crippen LogP contribution in [0.1, 0.15) is 24.3 Å². The maximum atomic E-state index is 13.3. The highest BCUT2D eigenvalue weighted by Crippen LogP contribution is 2.42. The van der Waals surface area contributed by atoms with Gasteiger partial charge in [-0.3, -0.25) is 10.4 Å². The van der Waals surface area contributed by atoms with Gasteiger partial charge >= 0.3 is 0 Å². The minimum atomic E-state index is -0.202. The first kappa shape index (κ1) is 28.7. The van der Waals surface area contributed by atoms with E-state index in [1.165, 1.54) is 28.9 Å². The molecule has 8 heteroatoms. The van der Waals surface area contributed by atoms with Crippen LogP contribution in [0.5, 0.6) is 0 Å². The van der Waals surface area contributed by atoms with E-state index in [0.717, 1.165) is 29.9 Å². The van der Waals surface area contributed by atoms with Gasteiger partial charge in [0.1, 0.15) is 12.6 Å². The van der Waals surface area contributed by atoms with Crippen molar-refractivity contribution in [3.63, 3.8) is 0 Å². The number of pyridine rings is 1. The van der Waals surface area contributed by atoms with E-state index in [1.807, 2.05) is 53.2 Å². The van der Waals surface area contributed by atoms with Crippen molar-refractivity contribution < 1.29 is 9.18 Å². The van der Waals surface area contributed by atoms with Crippen molar-refractivity contribution in [2.75, 3.05) is 39.1 Å². The van der Waals surface area contributed by atoms with Gasteiger partial charge in [0.15, 0.2) is 0 Å². The lowest BCUT2D eigenvalue weighted by Crippen LogP contribution is -2.45. The number of carbonyl (C=O) groups excluding carboxylic acids is 1. The van der Waals surface area contributed by atoms with E-state index in [4.69, 9.17) is 10.2 Å². The number of thiophene rings is 1. The molecule has 0 amide bonds. The van der Waals surface area contributed by atoms with E-state index in [2.05, 4.69) is 51.5 Å². The van der Waals surface area contributed by atoms with E-state index < -0.39 is 0 Å². The van der Waals surface area contributed by atoms with Gasteiger partial charge in [0, 0.05) is 61.3 Å². The van der Waals surface area contributed by atoms with Crippen LogP contribution in [0.3, 0.4) is 0 Å². The van der Waals surface area contributed by atoms with Gasteiger partial charge in [-0.2, -0.15) is 0 Å². The van der Waals surface area contributed by atoms with Crippen molar-refractivity contribution >= 4 is 30.2 Å². The first-order valence-corrected chi connectivity index (χ1v) is 12.3. The fourth-order valence-electron chi connectivity index (χ4n) is 4.16. The van der Waals surface area contributed by atoms with Crippen LogP contribution < -0.4 is 10.2 Å². The zero-order valence-corrected chi connectivity index (χ0v) is 22.3. The summed E-state index contributed by atoms with van der Waals surface area (Å²) in [5, 5.41) is 12.3. The van der Waals surface area contributed by atoms with Gasteiger partial charge in [-0.1, -0.05) is 12.8 Å². The maximum Gasteiger partial charge on any atom is 0.123 e. The number of nitrogens with one attached hydrogen (secondary N) is 2. The van der Waals surface area contributed by atoms with Crippen LogP contribution in [-0.2, 0) is 10.3 Å². The molecular formula is C28H34FN5OS. The molecule has 0 bridgehead atoms. The van der Waals surface area contributed by atoms with E-state index in [0.29, 0.717) is 5.92 Å². The first-order valence-electron chi connectivity index (χ1n) is 11.5. The Morgan fingerprint density at radius 2 is 1.92 bits per heavy atom. The molecule has 3 aromatic rings. The van der Waals surface area contributed by atoms with Crippen molar-refractivity contribution in [2.24, 2.45) is 5.92 Å². The largest absolute Gasteiger partial charge is 0.369 e. The Kier molecular flexibility index (Phi) is 10.8. The minimum absolute atomic E-state index is 0.147. The zero-order chi connectivity index (χ0) is 26.7. The van der Waals surface area contributed by atoms with E-state index in [-0.39, 0.29) is 11.4 Å². The van der Waals surface area contributed by atoms with E-state index >= 15 is 0 Å². The average molecular weight is 508 g/mol. The quantitative estimate of drug-likeness (QED) is 0.293. The highest BCUT2D eigenvalue weighted by Gasteiger charge is 2.45. The van der Waals surface area contributed by atoms with Gasteiger partial charge in [-0.05, 0) is 67.2 Å². The summed E-state index contributed by atoms with van der Waals surface area (Å²) >= 11 is 1.77. The number of halogens is 1. The standard InChI is InChI=1S/C24H24FN3S.C3H8N2.CH2O/c1-4-5-18-10-19(13-27-12-18)20-11-23(29-15-20)24(26-3)16-28(14-17(24)2)22-8-6-21(25)7-9-22;1-5(2)3-4;1-2/h6-13,15,17,26H,14,16H2,1-3H3;3-4H,1-2H3;1H2. The zero-order valence-electron chi connectivity index (χ0n) is 21.5. The molecule has 0 spiro atoms. The lowest BCUT2D eigenvalue weighted by Gasteiger charge is -2.32. The molecule has 2 N–H and O–H groups in total. The summed E-state index contributed by atoms with van der Waals surface area (Å²) in [5.74, 6) is 6.21. The van der Waals surface area contributed by atoms with E-state index in [9.17, 15) is 4.39 Å². The van der Waals surface area contributed by atoms with Crippen molar-refractivity contribution in [3.8, 4) is 23.0 Å². The highest BCUT2D eigenvalue weighted by atomic mass is 32.1. The van der Waals surface area contributed by atoms with Crippen LogP contribution in [0.25, 0.3) is 11.1 Å². The number of nitrogens with zero attached hydrogens (tertiary/aromatic N) is 3. The van der Waals surface area contributed by atoms with Crippen molar-refractivity contribution in [3.05, 3.63) is 70.4 Å². The van der Waals surface area contributed by atoms with Crippen molar-refractivity contribution in [2.45, 2.75) is 19.4 Å². The van der Waals surface area contributed by atoms with Gasteiger partial charge in [0.25, 0.3) is 0 Å². The molecule has 1 aliphatic heterocycles. The number of aromatic nitrogens is 1. The number of anilines is 1. The second kappa shape index (κ2) is 13.5. The third kappa shape index (κ3) is 6.78. The van der Waals surface area contributed by atoms with Crippen LogP contribution in [0.15, 0.2) is 54.2 Å². The Bertz CT molecular complexity index is 1180. The Hall–Kier alpha value is -3.54. The smallest absolute Gasteiger partial charge is 0.123 e. The average Bonchev–Trinajstić information content (AvgIpc) is 3.52. The first-order chi connectivity index (χ1) is 17.3. The molecule has 2 unspecified atom stereocenters. The van der Waals surface area contributed by atoms with Gasteiger partial charge in [0.2, 0.25) is 0 Å². The Labute approximate surface area is 217 Å². The predicted octanol–water partition coefficient (Wildman–Crippen LogP) is 4.86. The Balaban J connectivity index is 0.000000583. The summed E-state index contributed by atoms with van der Waals surface area (Å²) in [6.07, 6.45) is 4.93. The lowest BCUT2D eigenvalue weighted by atomic mass is 9.86. The number of rotatable bonds is 5. The molecule has 2 aromatic heterocycles. The minimum Gasteiger partial charge on any atom is -0.369 e. The molecule has 190 valence electrons. The lowest BCUT2D eigenvalue weighted by molar-refractivity contribution is -0.0979. The van der Waals surface area contributed by atoms with Gasteiger partial charge in [-0.15, -0.1) is 17.3 Å². The predicted molar refractivity (Wildman–Crippen MR) is 148 cm³/mol. The number of benzene rings is 1. The fourth-order valence-corrected chi connectivity index (χ4v) is 5.39. The molecule has 0 saturated carbocycles. The molecule has 6 nitrogen and oxygen atoms in total. The SMILES string of the molecule is C=O.CC#Cc1cncc(-c2csc(C3(NC)CN(c4ccc(F)cc4)CC3C)c2)c1.CN(C)C=N. The van der Waals surface area contributed by atoms with Crippen LogP contribution in [0.4, 0.5) is 10.1 Å². The molecule has 1 fully saturated rings. The summed E-state index contributed by atoms with van der Waals surface area (Å²) in [5.41, 5.74) is 4.09. The normalized spacial score (nSPS) is 18.1. The van der Waals surface area contributed by atoms with Crippen LogP contribution in [0, 0.1) is 29.0 Å². The van der Waals surface area contributed by atoms with E-state index in [1.54, 1.807) is 22.4 Å². The topological polar surface area (TPSA) is 72.3 Å². The summed E-state index contributed by atoms with van der Waals surface area (Å²) in [6.45, 7) is 7.87. The summed E-state index contributed by atoms with van der Waals surface area (Å²) < 4.78 is 13.3. The summed E-state index contributed by atoms with van der Waals surface area (Å²) in [4.78, 5) is 17.6. The van der Waals surface area contributed by atoms with Gasteiger partial charge in [-0.25, -0.2) is 4.39 Å². The molecule has 4 rings (SSSR count). The number of carbonyl (C=O) groups is 1.